The number of methoxy groups -OCH3 is 1. The summed E-state index contributed by atoms with van der Waals surface area (Å²) in [6, 6.07) is 3.52. The average molecular weight is 252 g/mol. The topological polar surface area (TPSA) is 60.5 Å². The van der Waals surface area contributed by atoms with Gasteiger partial charge in [-0.2, -0.15) is 0 Å². The summed E-state index contributed by atoms with van der Waals surface area (Å²) in [4.78, 5) is 15.4. The van der Waals surface area contributed by atoms with E-state index in [0.29, 0.717) is 18.7 Å². The molecule has 1 aromatic rings. The molecule has 0 aliphatic heterocycles. The molecule has 0 spiro atoms. The summed E-state index contributed by atoms with van der Waals surface area (Å²) in [5.74, 6) is -0.368. The van der Waals surface area contributed by atoms with Gasteiger partial charge in [-0.25, -0.2) is 4.79 Å². The van der Waals surface area contributed by atoms with E-state index in [1.165, 1.54) is 13.3 Å². The fraction of sp³-hybridized carbons (Fsp3) is 0.538. The van der Waals surface area contributed by atoms with E-state index >= 15 is 0 Å². The molecule has 0 aliphatic carbocycles. The second-order valence-electron chi connectivity index (χ2n) is 4.13. The van der Waals surface area contributed by atoms with Gasteiger partial charge in [-0.15, -0.1) is 0 Å². The molecule has 0 atom stereocenters. The minimum atomic E-state index is -0.368. The Kier molecular flexibility index (Phi) is 6.32. The second-order valence-corrected chi connectivity index (χ2v) is 4.13. The predicted octanol–water partition coefficient (Wildman–Crippen LogP) is 1.38. The molecule has 0 saturated carbocycles. The van der Waals surface area contributed by atoms with Crippen LogP contribution in [0.3, 0.4) is 0 Å². The first-order chi connectivity index (χ1) is 8.63. The van der Waals surface area contributed by atoms with Crippen molar-refractivity contribution >= 4 is 5.97 Å². The van der Waals surface area contributed by atoms with E-state index in [1.807, 2.05) is 19.9 Å². The third kappa shape index (κ3) is 5.25. The molecule has 0 fully saturated rings. The molecule has 5 heteroatoms. The maximum absolute atomic E-state index is 11.2. The standard InChI is InChI=1S/C13H20N2O3/c1-10(2)18-7-6-14-9-12-5-4-11(8-15-12)13(16)17-3/h4-5,8,10,14H,6-7,9H2,1-3H3. The van der Waals surface area contributed by atoms with Gasteiger partial charge >= 0.3 is 5.97 Å². The Hall–Kier alpha value is -1.46. The van der Waals surface area contributed by atoms with Gasteiger partial charge in [0.2, 0.25) is 0 Å². The van der Waals surface area contributed by atoms with E-state index in [-0.39, 0.29) is 12.1 Å². The third-order valence-corrected chi connectivity index (χ3v) is 2.28. The molecule has 1 heterocycles. The van der Waals surface area contributed by atoms with Crippen LogP contribution < -0.4 is 5.32 Å². The minimum absolute atomic E-state index is 0.254. The van der Waals surface area contributed by atoms with Crippen molar-refractivity contribution in [3.63, 3.8) is 0 Å². The molecule has 0 saturated heterocycles. The molecular formula is C13H20N2O3. The number of esters is 1. The SMILES string of the molecule is COC(=O)c1ccc(CNCCOC(C)C)nc1. The van der Waals surface area contributed by atoms with Crippen LogP contribution in [0.2, 0.25) is 0 Å². The fourth-order valence-corrected chi connectivity index (χ4v) is 1.35. The summed E-state index contributed by atoms with van der Waals surface area (Å²) in [5, 5.41) is 3.22. The monoisotopic (exact) mass is 252 g/mol. The van der Waals surface area contributed by atoms with Gasteiger partial charge in [0.05, 0.1) is 31.1 Å². The van der Waals surface area contributed by atoms with Crippen molar-refractivity contribution in [2.24, 2.45) is 0 Å². The van der Waals surface area contributed by atoms with Crippen molar-refractivity contribution in [2.45, 2.75) is 26.5 Å². The number of carbonyl (C=O) groups is 1. The molecule has 0 amide bonds. The van der Waals surface area contributed by atoms with Crippen molar-refractivity contribution in [3.8, 4) is 0 Å². The Bertz CT molecular complexity index is 363. The van der Waals surface area contributed by atoms with Crippen LogP contribution in [0.15, 0.2) is 18.3 Å². The van der Waals surface area contributed by atoms with Crippen LogP contribution in [0.25, 0.3) is 0 Å². The first kappa shape index (κ1) is 14.6. The smallest absolute Gasteiger partial charge is 0.339 e. The summed E-state index contributed by atoms with van der Waals surface area (Å²) in [7, 11) is 1.35. The Morgan fingerprint density at radius 1 is 1.44 bits per heavy atom. The largest absolute Gasteiger partial charge is 0.465 e. The summed E-state index contributed by atoms with van der Waals surface area (Å²) in [6.45, 7) is 6.12. The lowest BCUT2D eigenvalue weighted by molar-refractivity contribution is 0.0600. The van der Waals surface area contributed by atoms with Gasteiger partial charge in [-0.05, 0) is 26.0 Å². The number of nitrogens with one attached hydrogen (secondary N) is 1. The van der Waals surface area contributed by atoms with Crippen molar-refractivity contribution in [3.05, 3.63) is 29.6 Å². The molecular weight excluding hydrogens is 232 g/mol. The number of pyridine rings is 1. The number of nitrogens with zero attached hydrogens (tertiary/aromatic N) is 1. The molecule has 100 valence electrons. The molecule has 0 radical (unpaired) electrons. The zero-order valence-corrected chi connectivity index (χ0v) is 11.1. The maximum atomic E-state index is 11.2. The number of carbonyl (C=O) groups excluding carboxylic acids is 1. The highest BCUT2D eigenvalue weighted by atomic mass is 16.5. The van der Waals surface area contributed by atoms with E-state index in [0.717, 1.165) is 12.2 Å². The lowest BCUT2D eigenvalue weighted by Crippen LogP contribution is -2.21. The molecule has 1 aromatic heterocycles. The first-order valence-corrected chi connectivity index (χ1v) is 5.99. The normalized spacial score (nSPS) is 10.7. The fourth-order valence-electron chi connectivity index (χ4n) is 1.35. The zero-order valence-electron chi connectivity index (χ0n) is 11.1. The van der Waals surface area contributed by atoms with Gasteiger partial charge in [0.25, 0.3) is 0 Å². The van der Waals surface area contributed by atoms with Crippen molar-refractivity contribution in [1.29, 1.82) is 0 Å². The van der Waals surface area contributed by atoms with Gasteiger partial charge in [0.1, 0.15) is 0 Å². The van der Waals surface area contributed by atoms with Crippen molar-refractivity contribution < 1.29 is 14.3 Å². The van der Waals surface area contributed by atoms with E-state index in [1.54, 1.807) is 6.07 Å². The van der Waals surface area contributed by atoms with E-state index < -0.39 is 0 Å². The lowest BCUT2D eigenvalue weighted by atomic mass is 10.2. The molecule has 0 unspecified atom stereocenters. The molecule has 18 heavy (non-hydrogen) atoms. The van der Waals surface area contributed by atoms with Gasteiger partial charge in [-0.1, -0.05) is 0 Å². The lowest BCUT2D eigenvalue weighted by Gasteiger charge is -2.08. The summed E-state index contributed by atoms with van der Waals surface area (Å²) in [5.41, 5.74) is 1.34. The van der Waals surface area contributed by atoms with Gasteiger partial charge in [-0.3, -0.25) is 4.98 Å². The quantitative estimate of drug-likeness (QED) is 0.587. The van der Waals surface area contributed by atoms with Crippen LogP contribution in [0.1, 0.15) is 29.9 Å². The van der Waals surface area contributed by atoms with E-state index in [4.69, 9.17) is 4.74 Å². The Balaban J connectivity index is 2.29. The van der Waals surface area contributed by atoms with E-state index in [9.17, 15) is 4.79 Å². The maximum Gasteiger partial charge on any atom is 0.339 e. The molecule has 5 nitrogen and oxygen atoms in total. The number of hydrogen-bond acceptors (Lipinski definition) is 5. The highest BCUT2D eigenvalue weighted by Gasteiger charge is 2.04. The molecule has 1 rings (SSSR count). The molecule has 0 aliphatic rings. The highest BCUT2D eigenvalue weighted by Crippen LogP contribution is 2.01. The summed E-state index contributed by atoms with van der Waals surface area (Å²) >= 11 is 0. The van der Waals surface area contributed by atoms with Gasteiger partial charge < -0.3 is 14.8 Å². The zero-order chi connectivity index (χ0) is 13.4. The van der Waals surface area contributed by atoms with Crippen molar-refractivity contribution in [1.82, 2.24) is 10.3 Å². The number of rotatable bonds is 7. The van der Waals surface area contributed by atoms with Crippen LogP contribution in [0.4, 0.5) is 0 Å². The predicted molar refractivity (Wildman–Crippen MR) is 68.4 cm³/mol. The number of aromatic nitrogens is 1. The number of ether oxygens (including phenoxy) is 2. The van der Waals surface area contributed by atoms with Crippen LogP contribution in [0, 0.1) is 0 Å². The van der Waals surface area contributed by atoms with E-state index in [2.05, 4.69) is 15.0 Å². The Morgan fingerprint density at radius 3 is 2.78 bits per heavy atom. The Labute approximate surface area is 108 Å². The number of hydrogen-bond donors (Lipinski definition) is 1. The highest BCUT2D eigenvalue weighted by molar-refractivity contribution is 5.88. The Morgan fingerprint density at radius 2 is 2.22 bits per heavy atom. The van der Waals surface area contributed by atoms with Gasteiger partial charge in [0, 0.05) is 19.3 Å². The van der Waals surface area contributed by atoms with Crippen LogP contribution in [-0.4, -0.2) is 37.3 Å². The second kappa shape index (κ2) is 7.79. The average Bonchev–Trinajstić information content (AvgIpc) is 2.38. The molecule has 0 bridgehead atoms. The third-order valence-electron chi connectivity index (χ3n) is 2.28. The first-order valence-electron chi connectivity index (χ1n) is 5.99. The van der Waals surface area contributed by atoms with Crippen molar-refractivity contribution in [2.75, 3.05) is 20.3 Å². The molecule has 0 aromatic carbocycles. The summed E-state index contributed by atoms with van der Waals surface area (Å²) in [6.07, 6.45) is 1.78. The summed E-state index contributed by atoms with van der Waals surface area (Å²) < 4.78 is 10.0. The van der Waals surface area contributed by atoms with Crippen LogP contribution in [0.5, 0.6) is 0 Å². The van der Waals surface area contributed by atoms with Crippen LogP contribution >= 0.6 is 0 Å². The minimum Gasteiger partial charge on any atom is -0.465 e. The van der Waals surface area contributed by atoms with Crippen LogP contribution in [-0.2, 0) is 16.0 Å². The van der Waals surface area contributed by atoms with Gasteiger partial charge in [0.15, 0.2) is 0 Å². The molecule has 1 N–H and O–H groups in total.